The Bertz CT molecular complexity index is 1420. The van der Waals surface area contributed by atoms with Crippen molar-refractivity contribution in [3.63, 3.8) is 0 Å². The zero-order valence-corrected chi connectivity index (χ0v) is 24.5. The maximum atomic E-state index is 13.4. The van der Waals surface area contributed by atoms with Gasteiger partial charge in [0, 0.05) is 22.2 Å². The molecule has 4 aromatic carbocycles. The van der Waals surface area contributed by atoms with Crippen LogP contribution in [0.25, 0.3) is 6.08 Å². The Hall–Kier alpha value is -3.66. The molecule has 0 saturated carbocycles. The second-order valence-electron chi connectivity index (χ2n) is 9.02. The summed E-state index contributed by atoms with van der Waals surface area (Å²) in [6.45, 7) is 1.13. The number of carbonyl (C=O) groups excluding carboxylic acids is 1. The van der Waals surface area contributed by atoms with Gasteiger partial charge in [-0.25, -0.2) is 0 Å². The minimum absolute atomic E-state index is 0.145. The first-order valence-corrected chi connectivity index (χ1v) is 14.0. The van der Waals surface area contributed by atoms with Gasteiger partial charge < -0.3 is 24.6 Å². The van der Waals surface area contributed by atoms with Crippen LogP contribution >= 0.6 is 22.6 Å². The van der Waals surface area contributed by atoms with Gasteiger partial charge >= 0.3 is 0 Å². The number of hydrogen-bond donors (Lipinski definition) is 2. The van der Waals surface area contributed by atoms with Gasteiger partial charge in [0.2, 0.25) is 0 Å². The lowest BCUT2D eigenvalue weighted by Crippen LogP contribution is -2.17. The molecule has 0 aliphatic heterocycles. The molecule has 4 aromatic rings. The zero-order chi connectivity index (χ0) is 28.2. The normalized spacial score (nSPS) is 11.2. The number of ether oxygens (including phenoxy) is 3. The third kappa shape index (κ3) is 8.42. The molecule has 0 aromatic heterocycles. The van der Waals surface area contributed by atoms with Crippen molar-refractivity contribution < 1.29 is 24.1 Å². The first-order valence-electron chi connectivity index (χ1n) is 12.9. The molecule has 206 valence electrons. The summed E-state index contributed by atoms with van der Waals surface area (Å²) in [5.41, 5.74) is 5.05. The van der Waals surface area contributed by atoms with E-state index >= 15 is 0 Å². The van der Waals surface area contributed by atoms with Crippen LogP contribution in [0.15, 0.2) is 103 Å². The number of carbonyl (C=O) groups is 1. The maximum Gasteiger partial charge on any atom is 0.251 e. The van der Waals surface area contributed by atoms with E-state index in [1.165, 1.54) is 0 Å². The van der Waals surface area contributed by atoms with E-state index in [4.69, 9.17) is 14.2 Å². The predicted octanol–water partition coefficient (Wildman–Crippen LogP) is 7.00. The van der Waals surface area contributed by atoms with Gasteiger partial charge in [-0.3, -0.25) is 4.79 Å². The molecule has 0 heterocycles. The summed E-state index contributed by atoms with van der Waals surface area (Å²) in [6, 6.07) is 30.9. The predicted molar refractivity (Wildman–Crippen MR) is 166 cm³/mol. The first kappa shape index (κ1) is 29.3. The molecule has 0 fully saturated rings. The van der Waals surface area contributed by atoms with Crippen LogP contribution in [-0.4, -0.2) is 24.7 Å². The summed E-state index contributed by atoms with van der Waals surface area (Å²) < 4.78 is 18.0. The first-order chi connectivity index (χ1) is 19.6. The van der Waals surface area contributed by atoms with Crippen LogP contribution in [-0.2, 0) is 29.4 Å². The highest BCUT2D eigenvalue weighted by Gasteiger charge is 2.14. The highest BCUT2D eigenvalue weighted by Crippen LogP contribution is 2.25. The van der Waals surface area contributed by atoms with Gasteiger partial charge in [0.05, 0.1) is 26.0 Å². The molecule has 7 heteroatoms. The van der Waals surface area contributed by atoms with E-state index < -0.39 is 0 Å². The molecule has 0 bridgehead atoms. The number of hydrogen-bond acceptors (Lipinski definition) is 5. The lowest BCUT2D eigenvalue weighted by atomic mass is 10.0. The number of halogens is 1. The second-order valence-corrected chi connectivity index (χ2v) is 10.1. The number of rotatable bonds is 13. The minimum Gasteiger partial charge on any atom is -0.497 e. The van der Waals surface area contributed by atoms with E-state index in [0.29, 0.717) is 31.1 Å². The number of anilines is 1. The van der Waals surface area contributed by atoms with Crippen molar-refractivity contribution in [2.75, 3.05) is 19.0 Å². The van der Waals surface area contributed by atoms with E-state index in [0.717, 1.165) is 37.3 Å². The Kier molecular flexibility index (Phi) is 11.2. The standard InChI is InChI=1S/C33H32INO5/c1-38-29-14-16-30(17-15-29)40-23-27-11-6-5-10-25(27)20-26(18-19-36)33(37)35-31-13-7-12-28(32(31)34)22-39-21-24-8-3-2-4-9-24/h2-17,20,36H,18-19,21-23H2,1H3,(H,35,37)/b26-20+. The summed E-state index contributed by atoms with van der Waals surface area (Å²) >= 11 is 2.24. The zero-order valence-electron chi connectivity index (χ0n) is 22.3. The van der Waals surface area contributed by atoms with Gasteiger partial charge in [0.1, 0.15) is 18.1 Å². The quantitative estimate of drug-likeness (QED) is 0.121. The number of aliphatic hydroxyl groups is 1. The molecule has 6 nitrogen and oxygen atoms in total. The van der Waals surface area contributed by atoms with Gasteiger partial charge in [-0.15, -0.1) is 0 Å². The van der Waals surface area contributed by atoms with E-state index in [1.807, 2.05) is 103 Å². The van der Waals surface area contributed by atoms with Crippen LogP contribution in [0, 0.1) is 3.57 Å². The summed E-state index contributed by atoms with van der Waals surface area (Å²) in [5, 5.41) is 12.7. The van der Waals surface area contributed by atoms with Crippen LogP contribution in [0.5, 0.6) is 11.5 Å². The molecular weight excluding hydrogens is 617 g/mol. The van der Waals surface area contributed by atoms with Gasteiger partial charge in [-0.1, -0.05) is 66.7 Å². The molecule has 2 N–H and O–H groups in total. The van der Waals surface area contributed by atoms with Crippen LogP contribution < -0.4 is 14.8 Å². The molecule has 0 radical (unpaired) electrons. The average Bonchev–Trinajstić information content (AvgIpc) is 2.99. The monoisotopic (exact) mass is 649 g/mol. The minimum atomic E-state index is -0.264. The lowest BCUT2D eigenvalue weighted by molar-refractivity contribution is -0.113. The van der Waals surface area contributed by atoms with E-state index in [1.54, 1.807) is 7.11 Å². The molecule has 4 rings (SSSR count). The Morgan fingerprint density at radius 3 is 2.27 bits per heavy atom. The molecule has 0 aliphatic carbocycles. The van der Waals surface area contributed by atoms with E-state index in [2.05, 4.69) is 27.9 Å². The van der Waals surface area contributed by atoms with Crippen molar-refractivity contribution in [1.82, 2.24) is 0 Å². The summed E-state index contributed by atoms with van der Waals surface area (Å²) in [7, 11) is 1.62. The topological polar surface area (TPSA) is 77.0 Å². The number of aliphatic hydroxyl groups excluding tert-OH is 1. The fraction of sp³-hybridized carbons (Fsp3) is 0.182. The van der Waals surface area contributed by atoms with E-state index in [9.17, 15) is 9.90 Å². The molecular formula is C33H32INO5. The van der Waals surface area contributed by atoms with Crippen molar-refractivity contribution in [1.29, 1.82) is 0 Å². The molecule has 0 saturated heterocycles. The van der Waals surface area contributed by atoms with Gasteiger partial charge in [0.25, 0.3) is 5.91 Å². The molecule has 0 unspecified atom stereocenters. The van der Waals surface area contributed by atoms with Crippen LogP contribution in [0.2, 0.25) is 0 Å². The average molecular weight is 650 g/mol. The van der Waals surface area contributed by atoms with Crippen LogP contribution in [0.1, 0.15) is 28.7 Å². The number of nitrogens with one attached hydrogen (secondary N) is 1. The highest BCUT2D eigenvalue weighted by atomic mass is 127. The van der Waals surface area contributed by atoms with Crippen molar-refractivity contribution in [2.45, 2.75) is 26.2 Å². The SMILES string of the molecule is COc1ccc(OCc2ccccc2/C=C(\CCO)C(=O)Nc2cccc(COCc3ccccc3)c2I)cc1. The molecule has 0 spiro atoms. The van der Waals surface area contributed by atoms with E-state index in [-0.39, 0.29) is 18.9 Å². The third-order valence-corrected chi connectivity index (χ3v) is 7.48. The summed E-state index contributed by atoms with van der Waals surface area (Å²) in [5.74, 6) is 1.21. The van der Waals surface area contributed by atoms with Gasteiger partial charge in [-0.2, -0.15) is 0 Å². The molecule has 1 amide bonds. The summed E-state index contributed by atoms with van der Waals surface area (Å²) in [4.78, 5) is 13.4. The smallest absolute Gasteiger partial charge is 0.251 e. The largest absolute Gasteiger partial charge is 0.497 e. The fourth-order valence-corrected chi connectivity index (χ4v) is 4.69. The molecule has 0 atom stereocenters. The van der Waals surface area contributed by atoms with Gasteiger partial charge in [-0.05, 0) is 81.3 Å². The van der Waals surface area contributed by atoms with Crippen molar-refractivity contribution in [3.8, 4) is 11.5 Å². The lowest BCUT2D eigenvalue weighted by Gasteiger charge is -2.14. The summed E-state index contributed by atoms with van der Waals surface area (Å²) in [6.07, 6.45) is 2.04. The van der Waals surface area contributed by atoms with Crippen molar-refractivity contribution in [2.24, 2.45) is 0 Å². The number of benzene rings is 4. The number of methoxy groups -OCH3 is 1. The number of amides is 1. The van der Waals surface area contributed by atoms with Crippen molar-refractivity contribution in [3.05, 3.63) is 128 Å². The maximum absolute atomic E-state index is 13.4. The fourth-order valence-electron chi connectivity index (χ4n) is 4.04. The third-order valence-electron chi connectivity index (χ3n) is 6.21. The van der Waals surface area contributed by atoms with Crippen LogP contribution in [0.4, 0.5) is 5.69 Å². The Morgan fingerprint density at radius 1 is 0.825 bits per heavy atom. The molecule has 40 heavy (non-hydrogen) atoms. The second kappa shape index (κ2) is 15.2. The Morgan fingerprint density at radius 2 is 1.52 bits per heavy atom. The van der Waals surface area contributed by atoms with Crippen LogP contribution in [0.3, 0.4) is 0 Å². The van der Waals surface area contributed by atoms with Crippen molar-refractivity contribution >= 4 is 40.3 Å². The Balaban J connectivity index is 1.45. The molecule has 0 aliphatic rings. The highest BCUT2D eigenvalue weighted by molar-refractivity contribution is 14.1. The van der Waals surface area contributed by atoms with Gasteiger partial charge in [0.15, 0.2) is 0 Å². The Labute approximate surface area is 248 Å².